The molecule has 1 aliphatic heterocycles. The second kappa shape index (κ2) is 5.18. The Hall–Kier alpha value is -1.26. The Balaban J connectivity index is 1.86. The molecule has 88 valence electrons. The van der Waals surface area contributed by atoms with Crippen LogP contribution in [0.25, 0.3) is 0 Å². The van der Waals surface area contributed by atoms with Crippen LogP contribution in [0, 0.1) is 5.92 Å². The number of fused-ring (bicyclic) bond motifs is 1. The summed E-state index contributed by atoms with van der Waals surface area (Å²) in [6, 6.07) is 5.93. The van der Waals surface area contributed by atoms with E-state index in [1.165, 1.54) is 0 Å². The largest absolute Gasteiger partial charge is 0.454 e. The van der Waals surface area contributed by atoms with E-state index in [-0.39, 0.29) is 12.5 Å². The predicted octanol–water partition coefficient (Wildman–Crippen LogP) is 1.13. The summed E-state index contributed by atoms with van der Waals surface area (Å²) in [6.07, 6.45) is 0. The third-order valence-electron chi connectivity index (χ3n) is 2.57. The van der Waals surface area contributed by atoms with Crippen molar-refractivity contribution in [3.8, 4) is 11.5 Å². The Morgan fingerprint density at radius 3 is 3.00 bits per heavy atom. The van der Waals surface area contributed by atoms with E-state index < -0.39 is 0 Å². The summed E-state index contributed by atoms with van der Waals surface area (Å²) in [4.78, 5) is 0. The fraction of sp³-hybridized carbons (Fsp3) is 0.500. The van der Waals surface area contributed by atoms with E-state index in [4.69, 9.17) is 14.6 Å². The van der Waals surface area contributed by atoms with Gasteiger partial charge in [0.25, 0.3) is 0 Å². The zero-order valence-electron chi connectivity index (χ0n) is 9.40. The van der Waals surface area contributed by atoms with Gasteiger partial charge in [-0.1, -0.05) is 13.0 Å². The maximum Gasteiger partial charge on any atom is 0.231 e. The van der Waals surface area contributed by atoms with E-state index in [2.05, 4.69) is 5.32 Å². The highest BCUT2D eigenvalue weighted by Gasteiger charge is 2.12. The summed E-state index contributed by atoms with van der Waals surface area (Å²) < 4.78 is 10.5. The molecule has 0 spiro atoms. The first-order valence-electron chi connectivity index (χ1n) is 5.49. The summed E-state index contributed by atoms with van der Waals surface area (Å²) in [5, 5.41) is 12.2. The molecule has 1 heterocycles. The van der Waals surface area contributed by atoms with Gasteiger partial charge in [0.15, 0.2) is 11.5 Å². The van der Waals surface area contributed by atoms with Crippen LogP contribution in [0.1, 0.15) is 12.5 Å². The lowest BCUT2D eigenvalue weighted by Gasteiger charge is -2.09. The van der Waals surface area contributed by atoms with Crippen LogP contribution in [0.3, 0.4) is 0 Å². The van der Waals surface area contributed by atoms with Crippen LogP contribution >= 0.6 is 0 Å². The van der Waals surface area contributed by atoms with Crippen LogP contribution in [-0.4, -0.2) is 25.1 Å². The van der Waals surface area contributed by atoms with Crippen molar-refractivity contribution >= 4 is 0 Å². The Labute approximate surface area is 95.2 Å². The van der Waals surface area contributed by atoms with Gasteiger partial charge in [0, 0.05) is 19.7 Å². The first-order chi connectivity index (χ1) is 7.79. The maximum atomic E-state index is 8.88. The fourth-order valence-electron chi connectivity index (χ4n) is 1.58. The molecule has 1 unspecified atom stereocenters. The number of rotatable bonds is 5. The van der Waals surface area contributed by atoms with E-state index in [0.29, 0.717) is 6.79 Å². The van der Waals surface area contributed by atoms with Crippen LogP contribution in [-0.2, 0) is 6.54 Å². The molecule has 4 heteroatoms. The fourth-order valence-corrected chi connectivity index (χ4v) is 1.58. The monoisotopic (exact) mass is 223 g/mol. The van der Waals surface area contributed by atoms with Crippen LogP contribution in [0.4, 0.5) is 0 Å². The minimum atomic E-state index is 0.216. The average molecular weight is 223 g/mol. The molecule has 1 aliphatic rings. The van der Waals surface area contributed by atoms with Crippen molar-refractivity contribution in [3.63, 3.8) is 0 Å². The van der Waals surface area contributed by atoms with Crippen LogP contribution in [0.5, 0.6) is 11.5 Å². The van der Waals surface area contributed by atoms with Gasteiger partial charge in [-0.2, -0.15) is 0 Å². The number of benzene rings is 1. The first-order valence-corrected chi connectivity index (χ1v) is 5.49. The van der Waals surface area contributed by atoms with Crippen molar-refractivity contribution in [1.82, 2.24) is 5.32 Å². The Bertz CT molecular complexity index is 354. The van der Waals surface area contributed by atoms with Crippen molar-refractivity contribution in [1.29, 1.82) is 0 Å². The van der Waals surface area contributed by atoms with Gasteiger partial charge >= 0.3 is 0 Å². The highest BCUT2D eigenvalue weighted by molar-refractivity contribution is 5.44. The molecule has 1 aromatic rings. The average Bonchev–Trinajstić information content (AvgIpc) is 2.76. The van der Waals surface area contributed by atoms with Crippen molar-refractivity contribution < 1.29 is 14.6 Å². The van der Waals surface area contributed by atoms with Gasteiger partial charge in [-0.25, -0.2) is 0 Å². The van der Waals surface area contributed by atoms with Gasteiger partial charge in [0.05, 0.1) is 0 Å². The topological polar surface area (TPSA) is 50.7 Å². The lowest BCUT2D eigenvalue weighted by Crippen LogP contribution is -2.22. The number of nitrogens with one attached hydrogen (secondary N) is 1. The molecule has 2 rings (SSSR count). The van der Waals surface area contributed by atoms with Gasteiger partial charge in [-0.05, 0) is 23.6 Å². The molecule has 1 atom stereocenters. The van der Waals surface area contributed by atoms with Gasteiger partial charge in [0.2, 0.25) is 6.79 Å². The predicted molar refractivity (Wildman–Crippen MR) is 60.5 cm³/mol. The van der Waals surface area contributed by atoms with Crippen LogP contribution in [0.15, 0.2) is 18.2 Å². The lowest BCUT2D eigenvalue weighted by atomic mass is 10.1. The zero-order valence-corrected chi connectivity index (χ0v) is 9.40. The van der Waals surface area contributed by atoms with Crippen LogP contribution in [0.2, 0.25) is 0 Å². The van der Waals surface area contributed by atoms with Crippen LogP contribution < -0.4 is 14.8 Å². The Morgan fingerprint density at radius 2 is 2.19 bits per heavy atom. The molecule has 0 bridgehead atoms. The molecule has 0 radical (unpaired) electrons. The lowest BCUT2D eigenvalue weighted by molar-refractivity contribution is 0.174. The SMILES string of the molecule is CC(CO)CNCc1ccc2c(c1)OCO2. The molecular weight excluding hydrogens is 206 g/mol. The normalized spacial score (nSPS) is 15.1. The second-order valence-electron chi connectivity index (χ2n) is 4.11. The minimum Gasteiger partial charge on any atom is -0.454 e. The summed E-state index contributed by atoms with van der Waals surface area (Å²) >= 11 is 0. The minimum absolute atomic E-state index is 0.216. The molecule has 4 nitrogen and oxygen atoms in total. The number of hydrogen-bond acceptors (Lipinski definition) is 4. The Morgan fingerprint density at radius 1 is 1.38 bits per heavy atom. The summed E-state index contributed by atoms with van der Waals surface area (Å²) in [5.41, 5.74) is 1.16. The van der Waals surface area contributed by atoms with Crippen molar-refractivity contribution in [2.24, 2.45) is 5.92 Å². The first kappa shape index (κ1) is 11.2. The van der Waals surface area contributed by atoms with E-state index in [1.807, 2.05) is 25.1 Å². The molecule has 2 N–H and O–H groups in total. The standard InChI is InChI=1S/C12H17NO3/c1-9(7-14)5-13-6-10-2-3-11-12(4-10)16-8-15-11/h2-4,9,13-14H,5-8H2,1H3. The maximum absolute atomic E-state index is 8.88. The van der Waals surface area contributed by atoms with Crippen molar-refractivity contribution in [2.45, 2.75) is 13.5 Å². The third kappa shape index (κ3) is 2.65. The number of aliphatic hydroxyl groups is 1. The molecule has 0 saturated carbocycles. The van der Waals surface area contributed by atoms with Gasteiger partial charge in [0.1, 0.15) is 0 Å². The number of aliphatic hydroxyl groups excluding tert-OH is 1. The summed E-state index contributed by atoms with van der Waals surface area (Å²) in [6.45, 7) is 4.13. The van der Waals surface area contributed by atoms with E-state index in [9.17, 15) is 0 Å². The van der Waals surface area contributed by atoms with Gasteiger partial charge in [-0.3, -0.25) is 0 Å². The smallest absolute Gasteiger partial charge is 0.231 e. The second-order valence-corrected chi connectivity index (χ2v) is 4.11. The molecule has 16 heavy (non-hydrogen) atoms. The van der Waals surface area contributed by atoms with E-state index >= 15 is 0 Å². The van der Waals surface area contributed by atoms with E-state index in [1.54, 1.807) is 0 Å². The molecule has 0 amide bonds. The summed E-state index contributed by atoms with van der Waals surface area (Å²) in [7, 11) is 0. The quantitative estimate of drug-likeness (QED) is 0.785. The molecule has 0 aliphatic carbocycles. The third-order valence-corrected chi connectivity index (χ3v) is 2.57. The molecule has 1 aromatic carbocycles. The summed E-state index contributed by atoms with van der Waals surface area (Å²) in [5.74, 6) is 1.91. The number of hydrogen-bond donors (Lipinski definition) is 2. The van der Waals surface area contributed by atoms with E-state index in [0.717, 1.165) is 30.2 Å². The highest BCUT2D eigenvalue weighted by Crippen LogP contribution is 2.32. The molecular formula is C12H17NO3. The van der Waals surface area contributed by atoms with Crippen molar-refractivity contribution in [2.75, 3.05) is 19.9 Å². The van der Waals surface area contributed by atoms with Gasteiger partial charge in [-0.15, -0.1) is 0 Å². The molecule has 0 aromatic heterocycles. The Kier molecular flexibility index (Phi) is 3.64. The van der Waals surface area contributed by atoms with Crippen molar-refractivity contribution in [3.05, 3.63) is 23.8 Å². The molecule has 0 fully saturated rings. The number of ether oxygens (including phenoxy) is 2. The zero-order chi connectivity index (χ0) is 11.4. The van der Waals surface area contributed by atoms with Gasteiger partial charge < -0.3 is 19.9 Å². The highest BCUT2D eigenvalue weighted by atomic mass is 16.7. The molecule has 0 saturated heterocycles.